The molecular formula is C46H84Br2N4. The van der Waals surface area contributed by atoms with E-state index >= 15 is 0 Å². The molecule has 52 heavy (non-hydrogen) atoms. The first-order valence-corrected chi connectivity index (χ1v) is 22.1. The van der Waals surface area contributed by atoms with Gasteiger partial charge in [-0.05, 0) is 49.9 Å². The summed E-state index contributed by atoms with van der Waals surface area (Å²) in [6, 6.07) is 8.79. The molecule has 0 saturated carbocycles. The van der Waals surface area contributed by atoms with Crippen molar-refractivity contribution in [2.45, 2.75) is 220 Å². The fourth-order valence-corrected chi connectivity index (χ4v) is 7.03. The minimum absolute atomic E-state index is 0. The van der Waals surface area contributed by atoms with Gasteiger partial charge in [-0.2, -0.15) is 0 Å². The highest BCUT2D eigenvalue weighted by atomic mass is 79.9. The molecule has 4 nitrogen and oxygen atoms in total. The molecule has 0 bridgehead atoms. The van der Waals surface area contributed by atoms with Gasteiger partial charge in [0.15, 0.2) is 0 Å². The van der Waals surface area contributed by atoms with Crippen LogP contribution in [0.25, 0.3) is 0 Å². The molecule has 0 N–H and O–H groups in total. The van der Waals surface area contributed by atoms with Gasteiger partial charge in [0.2, 0.25) is 0 Å². The summed E-state index contributed by atoms with van der Waals surface area (Å²) in [5.74, 6) is 0. The lowest BCUT2D eigenvalue weighted by Gasteiger charge is -2.07. The predicted molar refractivity (Wildman–Crippen MR) is 240 cm³/mol. The van der Waals surface area contributed by atoms with Crippen molar-refractivity contribution in [3.8, 4) is 0 Å². The van der Waals surface area contributed by atoms with Crippen LogP contribution < -0.4 is 10.7 Å². The Kier molecular flexibility index (Phi) is 38.7. The molecule has 2 aromatic rings. The van der Waals surface area contributed by atoms with Crippen LogP contribution in [0.3, 0.4) is 0 Å². The molecule has 6 heteroatoms. The van der Waals surface area contributed by atoms with Crippen LogP contribution in [0.1, 0.15) is 206 Å². The van der Waals surface area contributed by atoms with E-state index in [4.69, 9.17) is 9.98 Å². The lowest BCUT2D eigenvalue weighted by Crippen LogP contribution is -2.06. The Bertz CT molecular complexity index is 1010. The van der Waals surface area contributed by atoms with Gasteiger partial charge in [-0.25, -0.2) is 0 Å². The van der Waals surface area contributed by atoms with Gasteiger partial charge in [0.25, 0.3) is 0 Å². The molecule has 0 unspecified atom stereocenters. The van der Waals surface area contributed by atoms with Crippen molar-refractivity contribution >= 4 is 34.0 Å². The number of nitrogens with zero attached hydrogens (tertiary/aromatic N) is 4. The van der Waals surface area contributed by atoms with Crippen molar-refractivity contribution in [2.75, 3.05) is 13.1 Å². The molecule has 0 amide bonds. The number of pyridine rings is 2. The number of aromatic nitrogens is 2. The zero-order chi connectivity index (χ0) is 35.4. The number of halogens is 2. The highest BCUT2D eigenvalue weighted by molar-refractivity contribution is 8.93. The highest BCUT2D eigenvalue weighted by Gasteiger charge is 1.97. The standard InChI is InChI=1S/C46H82N4.2BrH/c1-3-5-7-9-11-13-17-21-25-29-37-47-45-33-41-49(42-34-45)39-31-27-23-19-15-16-20-24-28-32-40-50-43-35-46(36-44-50)48-38-30-26-22-18-14-12-10-8-6-4-2;;/h33-36,41-44H,3-32,37-40H2,1-2H3;2*1H. The molecule has 0 saturated heterocycles. The second kappa shape index (κ2) is 39.6. The lowest BCUT2D eigenvalue weighted by molar-refractivity contribution is 0.521. The highest BCUT2D eigenvalue weighted by Crippen LogP contribution is 2.13. The minimum Gasteiger partial charge on any atom is -0.354 e. The molecule has 0 aromatic carbocycles. The molecule has 0 aliphatic rings. The lowest BCUT2D eigenvalue weighted by atomic mass is 10.1. The third kappa shape index (κ3) is 31.2. The zero-order valence-electron chi connectivity index (χ0n) is 34.3. The van der Waals surface area contributed by atoms with Gasteiger partial charge in [0.05, 0.1) is 10.7 Å². The van der Waals surface area contributed by atoms with Crippen molar-refractivity contribution < 1.29 is 0 Å². The number of hydrogen-bond acceptors (Lipinski definition) is 2. The van der Waals surface area contributed by atoms with Gasteiger partial charge in [-0.1, -0.05) is 181 Å². The first-order valence-electron chi connectivity index (χ1n) is 22.1. The molecule has 0 aliphatic carbocycles. The number of hydrogen-bond donors (Lipinski definition) is 0. The van der Waals surface area contributed by atoms with E-state index in [9.17, 15) is 0 Å². The van der Waals surface area contributed by atoms with Gasteiger partial charge in [0.1, 0.15) is 0 Å². The maximum absolute atomic E-state index is 4.80. The predicted octanol–water partition coefficient (Wildman–Crippen LogP) is 14.7. The van der Waals surface area contributed by atoms with Crippen molar-refractivity contribution in [1.29, 1.82) is 0 Å². The Labute approximate surface area is 343 Å². The fourth-order valence-electron chi connectivity index (χ4n) is 7.03. The summed E-state index contributed by atoms with van der Waals surface area (Å²) in [4.78, 5) is 9.60. The number of rotatable bonds is 35. The molecule has 302 valence electrons. The summed E-state index contributed by atoms with van der Waals surface area (Å²) in [7, 11) is 0. The van der Waals surface area contributed by atoms with Gasteiger partial charge < -0.3 is 9.13 Å². The first-order chi connectivity index (χ1) is 24.8. The van der Waals surface area contributed by atoms with Crippen LogP contribution in [0.4, 0.5) is 0 Å². The molecule has 0 fully saturated rings. The van der Waals surface area contributed by atoms with Crippen LogP contribution in [0.2, 0.25) is 0 Å². The van der Waals surface area contributed by atoms with Gasteiger partial charge >= 0.3 is 0 Å². The second-order valence-electron chi connectivity index (χ2n) is 15.3. The maximum atomic E-state index is 4.80. The largest absolute Gasteiger partial charge is 0.354 e. The van der Waals surface area contributed by atoms with E-state index in [0.29, 0.717) is 0 Å². The third-order valence-corrected chi connectivity index (χ3v) is 10.4. The van der Waals surface area contributed by atoms with E-state index in [1.54, 1.807) is 0 Å². The molecular weight excluding hydrogens is 768 g/mol. The van der Waals surface area contributed by atoms with Gasteiger partial charge in [-0.3, -0.25) is 9.98 Å². The van der Waals surface area contributed by atoms with Crippen molar-refractivity contribution in [3.05, 3.63) is 59.8 Å². The monoisotopic (exact) mass is 851 g/mol. The fraction of sp³-hybridized carbons (Fsp3) is 0.783. The molecule has 0 spiro atoms. The summed E-state index contributed by atoms with van der Waals surface area (Å²) in [6.07, 6.45) is 50.2. The van der Waals surface area contributed by atoms with Gasteiger partial charge in [0, 0.05) is 51.0 Å². The number of aryl methyl sites for hydroxylation is 2. The van der Waals surface area contributed by atoms with Crippen LogP contribution in [-0.4, -0.2) is 22.2 Å². The summed E-state index contributed by atoms with van der Waals surface area (Å²) in [6.45, 7) is 8.80. The van der Waals surface area contributed by atoms with Crippen LogP contribution in [-0.2, 0) is 13.1 Å². The minimum atomic E-state index is 0. The van der Waals surface area contributed by atoms with Crippen LogP contribution in [0.15, 0.2) is 59.0 Å². The van der Waals surface area contributed by atoms with Crippen molar-refractivity contribution in [1.82, 2.24) is 9.13 Å². The van der Waals surface area contributed by atoms with Crippen LogP contribution in [0, 0.1) is 0 Å². The van der Waals surface area contributed by atoms with E-state index < -0.39 is 0 Å². The number of unbranched alkanes of at least 4 members (excludes halogenated alkanes) is 27. The summed E-state index contributed by atoms with van der Waals surface area (Å²) < 4.78 is 4.67. The molecule has 2 heterocycles. The second-order valence-corrected chi connectivity index (χ2v) is 15.3. The first kappa shape index (κ1) is 50.9. The summed E-state index contributed by atoms with van der Waals surface area (Å²) in [5.41, 5.74) is 0. The smallest absolute Gasteiger partial charge is 0.0603 e. The normalized spacial score (nSPS) is 10.9. The quantitative estimate of drug-likeness (QED) is 0.0619. The Morgan fingerprint density at radius 1 is 0.327 bits per heavy atom. The van der Waals surface area contributed by atoms with E-state index in [2.05, 4.69) is 72.0 Å². The van der Waals surface area contributed by atoms with E-state index in [0.717, 1.165) is 36.9 Å². The maximum Gasteiger partial charge on any atom is 0.0603 e. The van der Waals surface area contributed by atoms with Crippen molar-refractivity contribution in [3.63, 3.8) is 0 Å². The van der Waals surface area contributed by atoms with E-state index in [1.165, 1.54) is 193 Å². The SMILES string of the molecule is Br.Br.CCCCCCCCCCCCN=c1ccn(CCCCCCCCCCCCn2ccc(=NCCCCCCCCCCCC)cc2)cc1. The summed E-state index contributed by atoms with van der Waals surface area (Å²) in [5, 5.41) is 2.29. The Balaban J connectivity index is 0.0000130. The zero-order valence-corrected chi connectivity index (χ0v) is 37.7. The average molecular weight is 853 g/mol. The topological polar surface area (TPSA) is 34.6 Å². The van der Waals surface area contributed by atoms with Gasteiger partial charge in [-0.15, -0.1) is 34.0 Å². The summed E-state index contributed by atoms with van der Waals surface area (Å²) >= 11 is 0. The Hall–Kier alpha value is -1.14. The van der Waals surface area contributed by atoms with Crippen LogP contribution >= 0.6 is 34.0 Å². The average Bonchev–Trinajstić information content (AvgIpc) is 3.14. The van der Waals surface area contributed by atoms with E-state index in [1.807, 2.05) is 0 Å². The Morgan fingerprint density at radius 3 is 0.827 bits per heavy atom. The van der Waals surface area contributed by atoms with Crippen LogP contribution in [0.5, 0.6) is 0 Å². The van der Waals surface area contributed by atoms with E-state index in [-0.39, 0.29) is 34.0 Å². The molecule has 0 aliphatic heterocycles. The van der Waals surface area contributed by atoms with Crippen molar-refractivity contribution in [2.24, 2.45) is 9.98 Å². The molecule has 2 aromatic heterocycles. The Morgan fingerprint density at radius 2 is 0.558 bits per heavy atom. The molecule has 0 atom stereocenters. The molecule has 2 rings (SSSR count). The molecule has 0 radical (unpaired) electrons. The third-order valence-electron chi connectivity index (χ3n) is 10.4.